The van der Waals surface area contributed by atoms with Gasteiger partial charge in [0.15, 0.2) is 5.70 Å². The summed E-state index contributed by atoms with van der Waals surface area (Å²) >= 11 is 5.83. The maximum absolute atomic E-state index is 13.9. The Hall–Kier alpha value is -4.04. The van der Waals surface area contributed by atoms with Crippen LogP contribution in [0.5, 0.6) is 5.75 Å². The molecular weight excluding hydrogens is 439 g/mol. The molecule has 0 unspecified atom stereocenters. The summed E-state index contributed by atoms with van der Waals surface area (Å²) in [6, 6.07) is 17.1. The minimum atomic E-state index is -0.721. The molecule has 0 bridgehead atoms. The molecule has 0 saturated heterocycles. The van der Waals surface area contributed by atoms with Crippen LogP contribution in [-0.2, 0) is 16.1 Å². The van der Waals surface area contributed by atoms with E-state index in [4.69, 9.17) is 21.1 Å². The normalized spacial score (nSPS) is 14.2. The quantitative estimate of drug-likeness (QED) is 0.219. The van der Waals surface area contributed by atoms with Crippen LogP contribution in [-0.4, -0.2) is 16.8 Å². The average molecular weight is 453 g/mol. The van der Waals surface area contributed by atoms with Gasteiger partial charge in [-0.2, -0.15) is 0 Å². The molecule has 0 radical (unpaired) electrons. The fourth-order valence-corrected chi connectivity index (χ4v) is 3.15. The number of carbonyl (C=O) groups is 1. The van der Waals surface area contributed by atoms with E-state index in [1.165, 1.54) is 30.3 Å². The van der Waals surface area contributed by atoms with Crippen molar-refractivity contribution in [1.82, 2.24) is 0 Å². The molecule has 0 fully saturated rings. The van der Waals surface area contributed by atoms with Gasteiger partial charge in [-0.1, -0.05) is 48.0 Å². The standard InChI is InChI=1S/C23H14ClFN2O5/c24-17-10-9-15(12-20(17)27(29)30)22-26-19(23(28)32-22)11-14-5-2-4-8-21(14)31-13-16-6-1-3-7-18(16)25/h1-12H,13H2/b19-11-. The maximum atomic E-state index is 13.9. The van der Waals surface area contributed by atoms with E-state index in [2.05, 4.69) is 4.99 Å². The second kappa shape index (κ2) is 8.99. The second-order valence-corrected chi connectivity index (χ2v) is 7.08. The number of para-hydroxylation sites is 1. The molecule has 32 heavy (non-hydrogen) atoms. The molecule has 3 aromatic carbocycles. The summed E-state index contributed by atoms with van der Waals surface area (Å²) in [5, 5.41) is 11.1. The highest BCUT2D eigenvalue weighted by Gasteiger charge is 2.26. The lowest BCUT2D eigenvalue weighted by molar-refractivity contribution is -0.384. The van der Waals surface area contributed by atoms with Gasteiger partial charge in [0.2, 0.25) is 5.90 Å². The van der Waals surface area contributed by atoms with Crippen LogP contribution in [0.2, 0.25) is 5.02 Å². The Bertz CT molecular complexity index is 1290. The van der Waals surface area contributed by atoms with Gasteiger partial charge in [0.1, 0.15) is 23.2 Å². The molecule has 0 amide bonds. The number of nitro groups is 1. The Labute approximate surface area is 186 Å². The summed E-state index contributed by atoms with van der Waals surface area (Å²) in [4.78, 5) is 27.0. The molecule has 0 N–H and O–H groups in total. The molecule has 3 aromatic rings. The predicted octanol–water partition coefficient (Wildman–Crippen LogP) is 5.31. The fourth-order valence-electron chi connectivity index (χ4n) is 2.97. The molecular formula is C23H14ClFN2O5. The number of nitrogens with zero attached hydrogens (tertiary/aromatic N) is 2. The summed E-state index contributed by atoms with van der Waals surface area (Å²) < 4.78 is 24.8. The number of cyclic esters (lactones) is 1. The van der Waals surface area contributed by atoms with Crippen molar-refractivity contribution in [3.8, 4) is 5.75 Å². The largest absolute Gasteiger partial charge is 0.488 e. The van der Waals surface area contributed by atoms with Crippen molar-refractivity contribution in [1.29, 1.82) is 0 Å². The number of hydrogen-bond donors (Lipinski definition) is 0. The topological polar surface area (TPSA) is 91.0 Å². The van der Waals surface area contributed by atoms with Gasteiger partial charge in [0.05, 0.1) is 4.92 Å². The van der Waals surface area contributed by atoms with Crippen LogP contribution in [0, 0.1) is 15.9 Å². The number of hydrogen-bond acceptors (Lipinski definition) is 6. The van der Waals surface area contributed by atoms with Gasteiger partial charge in [-0.3, -0.25) is 10.1 Å². The third kappa shape index (κ3) is 4.50. The molecule has 1 aliphatic rings. The van der Waals surface area contributed by atoms with Crippen molar-refractivity contribution in [2.75, 3.05) is 0 Å². The van der Waals surface area contributed by atoms with E-state index in [0.717, 1.165) is 0 Å². The van der Waals surface area contributed by atoms with Crippen LogP contribution >= 0.6 is 11.6 Å². The molecule has 9 heteroatoms. The van der Waals surface area contributed by atoms with Crippen molar-refractivity contribution in [2.24, 2.45) is 4.99 Å². The number of benzene rings is 3. The number of carbonyl (C=O) groups excluding carboxylic acids is 1. The fraction of sp³-hybridized carbons (Fsp3) is 0.0435. The number of rotatable bonds is 6. The Morgan fingerprint density at radius 2 is 1.88 bits per heavy atom. The van der Waals surface area contributed by atoms with Crippen LogP contribution in [0.15, 0.2) is 77.4 Å². The summed E-state index contributed by atoms with van der Waals surface area (Å²) in [7, 11) is 0. The summed E-state index contributed by atoms with van der Waals surface area (Å²) in [5.74, 6) is -0.761. The number of esters is 1. The zero-order valence-electron chi connectivity index (χ0n) is 16.3. The van der Waals surface area contributed by atoms with Crippen molar-refractivity contribution < 1.29 is 23.6 Å². The predicted molar refractivity (Wildman–Crippen MR) is 116 cm³/mol. The highest BCUT2D eigenvalue weighted by molar-refractivity contribution is 6.32. The van der Waals surface area contributed by atoms with E-state index < -0.39 is 10.9 Å². The zero-order valence-corrected chi connectivity index (χ0v) is 17.1. The molecule has 4 rings (SSSR count). The monoisotopic (exact) mass is 452 g/mol. The van der Waals surface area contributed by atoms with E-state index in [-0.39, 0.29) is 40.3 Å². The van der Waals surface area contributed by atoms with Gasteiger partial charge >= 0.3 is 5.97 Å². The molecule has 0 saturated carbocycles. The third-order valence-electron chi connectivity index (χ3n) is 4.56. The van der Waals surface area contributed by atoms with Gasteiger partial charge in [-0.15, -0.1) is 0 Å². The van der Waals surface area contributed by atoms with Crippen molar-refractivity contribution >= 4 is 35.2 Å². The first-order chi connectivity index (χ1) is 15.4. The first kappa shape index (κ1) is 21.2. The van der Waals surface area contributed by atoms with Crippen LogP contribution in [0.3, 0.4) is 0 Å². The van der Waals surface area contributed by atoms with Gasteiger partial charge in [-0.25, -0.2) is 14.2 Å². The molecule has 1 heterocycles. The van der Waals surface area contributed by atoms with Crippen LogP contribution in [0.25, 0.3) is 6.08 Å². The minimum absolute atomic E-state index is 0.000264. The lowest BCUT2D eigenvalue weighted by Gasteiger charge is -2.10. The highest BCUT2D eigenvalue weighted by Crippen LogP contribution is 2.29. The molecule has 0 spiro atoms. The van der Waals surface area contributed by atoms with Gasteiger partial charge in [0, 0.05) is 22.8 Å². The number of halogens is 2. The lowest BCUT2D eigenvalue weighted by atomic mass is 10.1. The molecule has 7 nitrogen and oxygen atoms in total. The minimum Gasteiger partial charge on any atom is -0.488 e. The number of aliphatic imine (C=N–C) groups is 1. The first-order valence-corrected chi connectivity index (χ1v) is 9.72. The molecule has 0 aromatic heterocycles. The number of ether oxygens (including phenoxy) is 2. The van der Waals surface area contributed by atoms with Crippen LogP contribution < -0.4 is 4.74 Å². The van der Waals surface area contributed by atoms with E-state index >= 15 is 0 Å². The van der Waals surface area contributed by atoms with Gasteiger partial charge in [0.25, 0.3) is 5.69 Å². The van der Waals surface area contributed by atoms with E-state index in [9.17, 15) is 19.3 Å². The van der Waals surface area contributed by atoms with Crippen molar-refractivity contribution in [3.05, 3.63) is 110 Å². The van der Waals surface area contributed by atoms with Gasteiger partial charge in [-0.05, 0) is 30.3 Å². The molecule has 1 aliphatic heterocycles. The van der Waals surface area contributed by atoms with Gasteiger partial charge < -0.3 is 9.47 Å². The Morgan fingerprint density at radius 1 is 1.12 bits per heavy atom. The Kier molecular flexibility index (Phi) is 5.96. The van der Waals surface area contributed by atoms with E-state index in [1.807, 2.05) is 0 Å². The van der Waals surface area contributed by atoms with Crippen molar-refractivity contribution in [2.45, 2.75) is 6.61 Å². The lowest BCUT2D eigenvalue weighted by Crippen LogP contribution is -2.06. The molecule has 160 valence electrons. The smallest absolute Gasteiger partial charge is 0.363 e. The average Bonchev–Trinajstić information content (AvgIpc) is 3.14. The first-order valence-electron chi connectivity index (χ1n) is 9.34. The zero-order chi connectivity index (χ0) is 22.7. The SMILES string of the molecule is O=C1OC(c2ccc(Cl)c([N+](=O)[O-])c2)=N/C1=C\c1ccccc1OCc1ccccc1F. The second-order valence-electron chi connectivity index (χ2n) is 6.68. The molecule has 0 atom stereocenters. The summed E-state index contributed by atoms with van der Waals surface area (Å²) in [6.45, 7) is 0.000264. The maximum Gasteiger partial charge on any atom is 0.363 e. The van der Waals surface area contributed by atoms with Crippen LogP contribution in [0.4, 0.5) is 10.1 Å². The summed E-state index contributed by atoms with van der Waals surface area (Å²) in [5.41, 5.74) is 0.816. The van der Waals surface area contributed by atoms with Crippen LogP contribution in [0.1, 0.15) is 16.7 Å². The van der Waals surface area contributed by atoms with E-state index in [1.54, 1.807) is 42.5 Å². The van der Waals surface area contributed by atoms with E-state index in [0.29, 0.717) is 16.9 Å². The highest BCUT2D eigenvalue weighted by atomic mass is 35.5. The Balaban J connectivity index is 1.61. The summed E-state index contributed by atoms with van der Waals surface area (Å²) in [6.07, 6.45) is 1.47. The molecule has 0 aliphatic carbocycles. The Morgan fingerprint density at radius 3 is 2.66 bits per heavy atom. The number of nitro benzene ring substituents is 1. The van der Waals surface area contributed by atoms with Crippen molar-refractivity contribution in [3.63, 3.8) is 0 Å². The third-order valence-corrected chi connectivity index (χ3v) is 4.88.